The van der Waals surface area contributed by atoms with Crippen LogP contribution in [-0.2, 0) is 15.6 Å². The zero-order chi connectivity index (χ0) is 17.7. The number of urea groups is 1. The number of carbonyl (C=O) groups excluding carboxylic acids is 1. The van der Waals surface area contributed by atoms with Gasteiger partial charge >= 0.3 is 6.03 Å². The molecule has 2 aromatic rings. The van der Waals surface area contributed by atoms with E-state index in [1.807, 2.05) is 0 Å². The van der Waals surface area contributed by atoms with Gasteiger partial charge in [-0.25, -0.2) is 18.6 Å². The topological polar surface area (TPSA) is 102 Å². The molecule has 0 saturated carbocycles. The maximum absolute atomic E-state index is 11.4. The lowest BCUT2D eigenvalue weighted by Gasteiger charge is -2.09. The number of amides is 2. The van der Waals surface area contributed by atoms with Crippen LogP contribution in [0.4, 0.5) is 4.79 Å². The van der Waals surface area contributed by atoms with Gasteiger partial charge in [-0.1, -0.05) is 48.0 Å². The van der Waals surface area contributed by atoms with E-state index in [9.17, 15) is 13.2 Å². The van der Waals surface area contributed by atoms with Crippen LogP contribution in [-0.4, -0.2) is 26.4 Å². The number of hydrogen-bond acceptors (Lipinski definition) is 4. The summed E-state index contributed by atoms with van der Waals surface area (Å²) in [5.74, 6) is -0.0414. The van der Waals surface area contributed by atoms with E-state index in [2.05, 4.69) is 10.5 Å². The fraction of sp³-hybridized carbons (Fsp3) is 0.125. The number of nitrogens with zero attached hydrogens (tertiary/aromatic N) is 1. The van der Waals surface area contributed by atoms with E-state index >= 15 is 0 Å². The van der Waals surface area contributed by atoms with E-state index in [-0.39, 0.29) is 5.75 Å². The zero-order valence-corrected chi connectivity index (χ0v) is 14.4. The van der Waals surface area contributed by atoms with Crippen LogP contribution in [0.2, 0.25) is 5.02 Å². The number of carbonyl (C=O) groups is 1. The SMILES string of the molecule is CS(=O)(=O)Cc1ccc(C(=NNC(N)=O)c2ccc(Cl)cc2)cc1. The van der Waals surface area contributed by atoms with Crippen molar-refractivity contribution in [3.63, 3.8) is 0 Å². The quantitative estimate of drug-likeness (QED) is 0.627. The molecule has 2 rings (SSSR count). The summed E-state index contributed by atoms with van der Waals surface area (Å²) in [4.78, 5) is 10.9. The summed E-state index contributed by atoms with van der Waals surface area (Å²) in [5.41, 5.74) is 9.85. The number of primary amides is 1. The maximum Gasteiger partial charge on any atom is 0.332 e. The summed E-state index contributed by atoms with van der Waals surface area (Å²) in [6.45, 7) is 0. The average Bonchev–Trinajstić information content (AvgIpc) is 2.49. The smallest absolute Gasteiger partial charge is 0.332 e. The maximum atomic E-state index is 11.4. The standard InChI is InChI=1S/C16H16ClN3O3S/c1-24(22,23)10-11-2-4-12(5-3-11)15(19-20-16(18)21)13-6-8-14(17)9-7-13/h2-9H,10H2,1H3,(H3,18,20,21). The fourth-order valence-corrected chi connectivity index (χ4v) is 3.00. The highest BCUT2D eigenvalue weighted by atomic mass is 35.5. The van der Waals surface area contributed by atoms with Crippen LogP contribution in [0.1, 0.15) is 16.7 Å². The molecule has 0 heterocycles. The molecule has 0 aromatic heterocycles. The number of hydrogen-bond donors (Lipinski definition) is 2. The summed E-state index contributed by atoms with van der Waals surface area (Å²) >= 11 is 5.89. The summed E-state index contributed by atoms with van der Waals surface area (Å²) < 4.78 is 22.7. The van der Waals surface area contributed by atoms with Gasteiger partial charge in [0.05, 0.1) is 11.5 Å². The Morgan fingerprint density at radius 1 is 1.08 bits per heavy atom. The molecular weight excluding hydrogens is 350 g/mol. The minimum absolute atomic E-state index is 0.0414. The molecule has 6 nitrogen and oxygen atoms in total. The van der Waals surface area contributed by atoms with Crippen molar-refractivity contribution in [1.82, 2.24) is 5.43 Å². The summed E-state index contributed by atoms with van der Waals surface area (Å²) in [5, 5.41) is 4.60. The first-order valence-electron chi connectivity index (χ1n) is 6.91. The summed E-state index contributed by atoms with van der Waals surface area (Å²) in [7, 11) is -3.11. The van der Waals surface area contributed by atoms with Gasteiger partial charge < -0.3 is 5.73 Å². The van der Waals surface area contributed by atoms with Gasteiger partial charge in [0, 0.05) is 22.4 Å². The zero-order valence-electron chi connectivity index (χ0n) is 12.9. The van der Waals surface area contributed by atoms with Crippen LogP contribution in [0.25, 0.3) is 0 Å². The second kappa shape index (κ2) is 7.46. The van der Waals surface area contributed by atoms with Crippen LogP contribution >= 0.6 is 11.6 Å². The molecule has 0 aliphatic carbocycles. The van der Waals surface area contributed by atoms with Crippen molar-refractivity contribution in [3.8, 4) is 0 Å². The molecule has 3 N–H and O–H groups in total. The van der Waals surface area contributed by atoms with E-state index in [0.29, 0.717) is 21.9 Å². The van der Waals surface area contributed by atoms with Gasteiger partial charge in [-0.05, 0) is 17.7 Å². The number of benzene rings is 2. The molecule has 2 aromatic carbocycles. The largest absolute Gasteiger partial charge is 0.350 e. The Labute approximate surface area is 145 Å². The molecule has 126 valence electrons. The Morgan fingerprint density at radius 2 is 1.58 bits per heavy atom. The second-order valence-electron chi connectivity index (χ2n) is 5.21. The van der Waals surface area contributed by atoms with Crippen molar-refractivity contribution in [2.24, 2.45) is 10.8 Å². The van der Waals surface area contributed by atoms with E-state index in [1.54, 1.807) is 48.5 Å². The molecule has 0 radical (unpaired) electrons. The molecule has 0 unspecified atom stereocenters. The van der Waals surface area contributed by atoms with Crippen LogP contribution in [0, 0.1) is 0 Å². The normalized spacial score (nSPS) is 12.0. The molecule has 0 aliphatic rings. The van der Waals surface area contributed by atoms with Crippen LogP contribution in [0.5, 0.6) is 0 Å². The molecule has 0 bridgehead atoms. The molecular formula is C16H16ClN3O3S. The Kier molecular flexibility index (Phi) is 5.58. The van der Waals surface area contributed by atoms with Crippen molar-refractivity contribution in [2.45, 2.75) is 5.75 Å². The van der Waals surface area contributed by atoms with E-state index in [0.717, 1.165) is 5.56 Å². The average molecular weight is 366 g/mol. The minimum atomic E-state index is -3.11. The lowest BCUT2D eigenvalue weighted by atomic mass is 10.0. The molecule has 0 fully saturated rings. The molecule has 2 amide bonds. The Morgan fingerprint density at radius 3 is 2.04 bits per heavy atom. The third kappa shape index (κ3) is 5.36. The number of sulfone groups is 1. The summed E-state index contributed by atoms with van der Waals surface area (Å²) in [6, 6.07) is 13.0. The molecule has 24 heavy (non-hydrogen) atoms. The Hall–Kier alpha value is -2.38. The highest BCUT2D eigenvalue weighted by Crippen LogP contribution is 2.16. The van der Waals surface area contributed by atoms with Crippen molar-refractivity contribution in [1.29, 1.82) is 0 Å². The lowest BCUT2D eigenvalue weighted by Crippen LogP contribution is -2.26. The van der Waals surface area contributed by atoms with E-state index in [4.69, 9.17) is 17.3 Å². The number of nitrogens with two attached hydrogens (primary N) is 1. The third-order valence-corrected chi connectivity index (χ3v) is 4.16. The Balaban J connectivity index is 2.38. The van der Waals surface area contributed by atoms with Crippen molar-refractivity contribution in [2.75, 3.05) is 6.26 Å². The molecule has 8 heteroatoms. The number of hydrazone groups is 1. The lowest BCUT2D eigenvalue weighted by molar-refractivity contribution is 0.249. The second-order valence-corrected chi connectivity index (χ2v) is 7.79. The van der Waals surface area contributed by atoms with Crippen LogP contribution < -0.4 is 11.2 Å². The molecule has 0 atom stereocenters. The minimum Gasteiger partial charge on any atom is -0.350 e. The first-order chi connectivity index (χ1) is 11.2. The van der Waals surface area contributed by atoms with Crippen molar-refractivity contribution < 1.29 is 13.2 Å². The van der Waals surface area contributed by atoms with Gasteiger partial charge in [0.2, 0.25) is 0 Å². The highest BCUT2D eigenvalue weighted by Gasteiger charge is 2.10. The predicted octanol–water partition coefficient (Wildman–Crippen LogP) is 2.31. The van der Waals surface area contributed by atoms with Crippen molar-refractivity contribution >= 4 is 33.2 Å². The number of rotatable bonds is 5. The van der Waals surface area contributed by atoms with Gasteiger partial charge in [0.15, 0.2) is 9.84 Å². The summed E-state index contributed by atoms with van der Waals surface area (Å²) in [6.07, 6.45) is 1.18. The van der Waals surface area contributed by atoms with Gasteiger partial charge in [-0.2, -0.15) is 5.10 Å². The van der Waals surface area contributed by atoms with Gasteiger partial charge in [-0.3, -0.25) is 0 Å². The first kappa shape index (κ1) is 18.0. The van der Waals surface area contributed by atoms with Gasteiger partial charge in [0.1, 0.15) is 0 Å². The van der Waals surface area contributed by atoms with Crippen LogP contribution in [0.3, 0.4) is 0 Å². The van der Waals surface area contributed by atoms with Crippen molar-refractivity contribution in [3.05, 3.63) is 70.2 Å². The number of halogens is 1. The first-order valence-corrected chi connectivity index (χ1v) is 9.34. The fourth-order valence-electron chi connectivity index (χ4n) is 2.08. The highest BCUT2D eigenvalue weighted by molar-refractivity contribution is 7.89. The van der Waals surface area contributed by atoms with Gasteiger partial charge in [0.25, 0.3) is 0 Å². The van der Waals surface area contributed by atoms with Gasteiger partial charge in [-0.15, -0.1) is 0 Å². The van der Waals surface area contributed by atoms with Crippen LogP contribution in [0.15, 0.2) is 53.6 Å². The Bertz CT molecular complexity index is 860. The molecule has 0 saturated heterocycles. The monoisotopic (exact) mass is 365 g/mol. The third-order valence-electron chi connectivity index (χ3n) is 3.05. The molecule has 0 spiro atoms. The molecule has 0 aliphatic heterocycles. The van der Waals surface area contributed by atoms with E-state index < -0.39 is 15.9 Å². The van der Waals surface area contributed by atoms with E-state index in [1.165, 1.54) is 6.26 Å². The predicted molar refractivity (Wildman–Crippen MR) is 94.8 cm³/mol. The number of nitrogens with one attached hydrogen (secondary N) is 1.